The molecule has 0 aliphatic carbocycles. The van der Waals surface area contributed by atoms with Crippen molar-refractivity contribution in [1.82, 2.24) is 14.9 Å². The predicted octanol–water partition coefficient (Wildman–Crippen LogP) is -0.0966. The van der Waals surface area contributed by atoms with Crippen LogP contribution in [-0.4, -0.2) is 60.9 Å². The molecule has 8 nitrogen and oxygen atoms in total. The molecular formula is C12H22N6O2. The van der Waals surface area contributed by atoms with Gasteiger partial charge in [-0.2, -0.15) is 0 Å². The van der Waals surface area contributed by atoms with Gasteiger partial charge in [0.25, 0.3) is 0 Å². The molecular weight excluding hydrogens is 260 g/mol. The molecule has 1 aliphatic heterocycles. The third-order valence-electron chi connectivity index (χ3n) is 3.16. The molecule has 1 fully saturated rings. The quantitative estimate of drug-likeness (QED) is 0.492. The third-order valence-corrected chi connectivity index (χ3v) is 3.16. The standard InChI is InChI=1S/C12H22N6O2/c1-9(7-18-3-5-20-6-4-18)16-11-10(19-2)12(17-13)15-8-14-11/h8-9H,3-7,13H2,1-2H3,(H2,14,15,16,17). The summed E-state index contributed by atoms with van der Waals surface area (Å²) in [5.74, 6) is 7.02. The molecule has 1 aliphatic rings. The number of nitrogens with zero attached hydrogens (tertiary/aromatic N) is 3. The number of hydrazine groups is 1. The monoisotopic (exact) mass is 282 g/mol. The zero-order chi connectivity index (χ0) is 14.4. The molecule has 2 heterocycles. The van der Waals surface area contributed by atoms with Crippen LogP contribution in [0.3, 0.4) is 0 Å². The lowest BCUT2D eigenvalue weighted by atomic mass is 10.3. The molecule has 1 unspecified atom stereocenters. The highest BCUT2D eigenvalue weighted by Gasteiger charge is 2.17. The molecule has 0 amide bonds. The number of hydrogen-bond donors (Lipinski definition) is 3. The van der Waals surface area contributed by atoms with Crippen molar-refractivity contribution < 1.29 is 9.47 Å². The van der Waals surface area contributed by atoms with Crippen molar-refractivity contribution in [2.45, 2.75) is 13.0 Å². The fraction of sp³-hybridized carbons (Fsp3) is 0.667. The van der Waals surface area contributed by atoms with Crippen molar-refractivity contribution in [3.05, 3.63) is 6.33 Å². The third kappa shape index (κ3) is 3.69. The van der Waals surface area contributed by atoms with Gasteiger partial charge in [-0.05, 0) is 6.92 Å². The van der Waals surface area contributed by atoms with E-state index in [1.807, 2.05) is 0 Å². The number of morpholine rings is 1. The zero-order valence-electron chi connectivity index (χ0n) is 11.9. The number of hydrogen-bond acceptors (Lipinski definition) is 8. The summed E-state index contributed by atoms with van der Waals surface area (Å²) in [6.45, 7) is 6.54. The summed E-state index contributed by atoms with van der Waals surface area (Å²) in [5, 5.41) is 3.33. The van der Waals surface area contributed by atoms with Crippen molar-refractivity contribution in [3.63, 3.8) is 0 Å². The van der Waals surface area contributed by atoms with E-state index in [1.54, 1.807) is 7.11 Å². The lowest BCUT2D eigenvalue weighted by molar-refractivity contribution is 0.0368. The van der Waals surface area contributed by atoms with Crippen LogP contribution in [-0.2, 0) is 4.74 Å². The SMILES string of the molecule is COc1c(NN)ncnc1NC(C)CN1CCOCC1. The van der Waals surface area contributed by atoms with Gasteiger partial charge in [-0.25, -0.2) is 15.8 Å². The highest BCUT2D eigenvalue weighted by atomic mass is 16.5. The Morgan fingerprint density at radius 2 is 2.10 bits per heavy atom. The van der Waals surface area contributed by atoms with Gasteiger partial charge in [-0.3, -0.25) is 4.90 Å². The van der Waals surface area contributed by atoms with E-state index < -0.39 is 0 Å². The highest BCUT2D eigenvalue weighted by molar-refractivity contribution is 5.63. The van der Waals surface area contributed by atoms with Crippen LogP contribution in [0.15, 0.2) is 6.33 Å². The number of nitrogens with two attached hydrogens (primary N) is 1. The van der Waals surface area contributed by atoms with Crippen molar-refractivity contribution in [2.75, 3.05) is 50.7 Å². The van der Waals surface area contributed by atoms with E-state index in [0.717, 1.165) is 32.8 Å². The van der Waals surface area contributed by atoms with Crippen LogP contribution in [0.5, 0.6) is 5.75 Å². The Morgan fingerprint density at radius 3 is 2.75 bits per heavy atom. The van der Waals surface area contributed by atoms with Gasteiger partial charge in [0.05, 0.1) is 20.3 Å². The Kier molecular flexibility index (Phi) is 5.33. The molecule has 4 N–H and O–H groups in total. The first-order valence-corrected chi connectivity index (χ1v) is 6.66. The number of aromatic nitrogens is 2. The van der Waals surface area contributed by atoms with E-state index in [-0.39, 0.29) is 6.04 Å². The Hall–Kier alpha value is -1.64. The molecule has 0 saturated carbocycles. The van der Waals surface area contributed by atoms with Gasteiger partial charge >= 0.3 is 0 Å². The summed E-state index contributed by atoms with van der Waals surface area (Å²) in [6.07, 6.45) is 1.45. The minimum Gasteiger partial charge on any atom is -0.490 e. The van der Waals surface area contributed by atoms with Crippen LogP contribution >= 0.6 is 0 Å². The molecule has 0 bridgehead atoms. The van der Waals surface area contributed by atoms with Gasteiger partial charge in [-0.15, -0.1) is 0 Å². The van der Waals surface area contributed by atoms with E-state index >= 15 is 0 Å². The van der Waals surface area contributed by atoms with E-state index in [4.69, 9.17) is 15.3 Å². The number of nitrogens with one attached hydrogen (secondary N) is 2. The maximum absolute atomic E-state index is 5.41. The first-order chi connectivity index (χ1) is 9.74. The number of anilines is 2. The molecule has 112 valence electrons. The van der Waals surface area contributed by atoms with Gasteiger partial charge in [0.15, 0.2) is 11.6 Å². The van der Waals surface area contributed by atoms with Crippen molar-refractivity contribution in [3.8, 4) is 5.75 Å². The molecule has 8 heteroatoms. The van der Waals surface area contributed by atoms with Gasteiger partial charge in [0, 0.05) is 25.7 Å². The highest BCUT2D eigenvalue weighted by Crippen LogP contribution is 2.28. The van der Waals surface area contributed by atoms with Crippen molar-refractivity contribution in [1.29, 1.82) is 0 Å². The summed E-state index contributed by atoms with van der Waals surface area (Å²) < 4.78 is 10.6. The van der Waals surface area contributed by atoms with E-state index in [0.29, 0.717) is 17.4 Å². The van der Waals surface area contributed by atoms with Crippen LogP contribution < -0.4 is 21.3 Å². The normalized spacial score (nSPS) is 17.6. The Bertz CT molecular complexity index is 424. The summed E-state index contributed by atoms with van der Waals surface area (Å²) in [6, 6.07) is 0.225. The summed E-state index contributed by atoms with van der Waals surface area (Å²) >= 11 is 0. The summed E-state index contributed by atoms with van der Waals surface area (Å²) in [4.78, 5) is 10.6. The van der Waals surface area contributed by atoms with Crippen LogP contribution in [0.25, 0.3) is 0 Å². The Labute approximate surface area is 118 Å². The first-order valence-electron chi connectivity index (χ1n) is 6.66. The second-order valence-electron chi connectivity index (χ2n) is 4.71. The van der Waals surface area contributed by atoms with Crippen LogP contribution in [0.2, 0.25) is 0 Å². The first kappa shape index (κ1) is 14.8. The molecule has 20 heavy (non-hydrogen) atoms. The van der Waals surface area contributed by atoms with Gasteiger partial charge in [-0.1, -0.05) is 0 Å². The van der Waals surface area contributed by atoms with E-state index in [1.165, 1.54) is 6.33 Å². The lowest BCUT2D eigenvalue weighted by Crippen LogP contribution is -2.42. The molecule has 2 rings (SSSR count). The molecule has 0 radical (unpaired) electrons. The van der Waals surface area contributed by atoms with Crippen molar-refractivity contribution >= 4 is 11.6 Å². The molecule has 1 aromatic rings. The second kappa shape index (κ2) is 7.22. The van der Waals surface area contributed by atoms with Crippen LogP contribution in [0, 0.1) is 0 Å². The molecule has 1 atom stereocenters. The largest absolute Gasteiger partial charge is 0.490 e. The smallest absolute Gasteiger partial charge is 0.205 e. The van der Waals surface area contributed by atoms with E-state index in [2.05, 4.69) is 32.5 Å². The van der Waals surface area contributed by atoms with Gasteiger partial charge < -0.3 is 20.2 Å². The summed E-state index contributed by atoms with van der Waals surface area (Å²) in [5.41, 5.74) is 2.50. The molecule has 1 aromatic heterocycles. The minimum atomic E-state index is 0.225. The zero-order valence-corrected chi connectivity index (χ0v) is 11.9. The minimum absolute atomic E-state index is 0.225. The molecule has 0 aromatic carbocycles. The Balaban J connectivity index is 1.97. The average molecular weight is 282 g/mol. The summed E-state index contributed by atoms with van der Waals surface area (Å²) in [7, 11) is 1.57. The maximum Gasteiger partial charge on any atom is 0.205 e. The van der Waals surface area contributed by atoms with Crippen LogP contribution in [0.1, 0.15) is 6.92 Å². The van der Waals surface area contributed by atoms with E-state index in [9.17, 15) is 0 Å². The second-order valence-corrected chi connectivity index (χ2v) is 4.71. The topological polar surface area (TPSA) is 97.6 Å². The van der Waals surface area contributed by atoms with Gasteiger partial charge in [0.1, 0.15) is 6.33 Å². The predicted molar refractivity (Wildman–Crippen MR) is 76.7 cm³/mol. The lowest BCUT2D eigenvalue weighted by Gasteiger charge is -2.29. The number of nitrogen functional groups attached to an aromatic ring is 1. The maximum atomic E-state index is 5.41. The fourth-order valence-corrected chi connectivity index (χ4v) is 2.22. The average Bonchev–Trinajstić information content (AvgIpc) is 2.47. The fourth-order valence-electron chi connectivity index (χ4n) is 2.22. The van der Waals surface area contributed by atoms with Crippen LogP contribution in [0.4, 0.5) is 11.6 Å². The van der Waals surface area contributed by atoms with Gasteiger partial charge in [0.2, 0.25) is 5.75 Å². The molecule has 0 spiro atoms. The Morgan fingerprint density at radius 1 is 1.40 bits per heavy atom. The number of methoxy groups -OCH3 is 1. The number of ether oxygens (including phenoxy) is 2. The number of rotatable bonds is 6. The van der Waals surface area contributed by atoms with Crippen molar-refractivity contribution in [2.24, 2.45) is 5.84 Å². The molecule has 1 saturated heterocycles.